The number of fused-ring (bicyclic) bond motifs is 1. The Balaban J connectivity index is 1.82. The second-order valence-electron chi connectivity index (χ2n) is 6.16. The maximum atomic E-state index is 5.81. The molecule has 5 nitrogen and oxygen atoms in total. The fraction of sp³-hybridized carbons (Fsp3) is 0.250. The average Bonchev–Trinajstić information content (AvgIpc) is 3.05. The van der Waals surface area contributed by atoms with Crippen molar-refractivity contribution >= 4 is 17.5 Å². The van der Waals surface area contributed by atoms with E-state index in [1.807, 2.05) is 29.8 Å². The summed E-state index contributed by atoms with van der Waals surface area (Å²) in [4.78, 5) is 0. The van der Waals surface area contributed by atoms with Gasteiger partial charge in [0.25, 0.3) is 0 Å². The molecule has 0 saturated carbocycles. The molecule has 1 atom stereocenters. The van der Waals surface area contributed by atoms with Crippen LogP contribution >= 0.6 is 11.8 Å². The van der Waals surface area contributed by atoms with Gasteiger partial charge in [-0.2, -0.15) is 9.78 Å². The zero-order valence-corrected chi connectivity index (χ0v) is 15.8. The van der Waals surface area contributed by atoms with E-state index in [1.165, 1.54) is 5.56 Å². The first-order valence-electron chi connectivity index (χ1n) is 8.67. The van der Waals surface area contributed by atoms with E-state index in [4.69, 9.17) is 9.84 Å². The fourth-order valence-corrected chi connectivity index (χ4v) is 3.86. The van der Waals surface area contributed by atoms with Crippen LogP contribution in [-0.4, -0.2) is 32.4 Å². The molecule has 0 unspecified atom stereocenters. The minimum absolute atomic E-state index is 0.166. The average molecular weight is 364 g/mol. The van der Waals surface area contributed by atoms with E-state index < -0.39 is 0 Å². The lowest BCUT2D eigenvalue weighted by Crippen LogP contribution is -2.22. The number of ether oxygens (including phenoxy) is 1. The standard InChI is InChI=1S/C20H20N4OS/c1-4-25-17-8-6-5-7-16(17)18-14(3)26-20-22-21-19(24(20)23-18)15-11-9-13(2)10-12-15/h5-12,14H,4H2,1-3H3/t14-/m1/s1. The molecule has 2 heterocycles. The summed E-state index contributed by atoms with van der Waals surface area (Å²) in [5.41, 5.74) is 4.21. The second kappa shape index (κ2) is 6.96. The van der Waals surface area contributed by atoms with Crippen LogP contribution in [0, 0.1) is 6.92 Å². The zero-order valence-electron chi connectivity index (χ0n) is 15.0. The third kappa shape index (κ3) is 3.01. The molecule has 1 aliphatic heterocycles. The molecule has 1 aliphatic rings. The molecule has 0 aliphatic carbocycles. The highest BCUT2D eigenvalue weighted by Gasteiger charge is 2.27. The van der Waals surface area contributed by atoms with Gasteiger partial charge >= 0.3 is 0 Å². The molecule has 2 aromatic carbocycles. The quantitative estimate of drug-likeness (QED) is 0.688. The van der Waals surface area contributed by atoms with Gasteiger partial charge in [-0.25, -0.2) is 0 Å². The molecule has 0 amide bonds. The largest absolute Gasteiger partial charge is 0.493 e. The van der Waals surface area contributed by atoms with Gasteiger partial charge < -0.3 is 4.74 Å². The molecule has 0 saturated heterocycles. The van der Waals surface area contributed by atoms with E-state index in [0.717, 1.165) is 33.6 Å². The van der Waals surface area contributed by atoms with Crippen LogP contribution in [0.25, 0.3) is 11.4 Å². The number of aryl methyl sites for hydroxylation is 1. The minimum Gasteiger partial charge on any atom is -0.493 e. The first-order chi connectivity index (χ1) is 12.7. The Labute approximate surface area is 157 Å². The fourth-order valence-electron chi connectivity index (χ4n) is 2.95. The SMILES string of the molecule is CCOc1ccccc1C1=Nn2c(nnc2-c2ccc(C)cc2)S[C@@H]1C. The Morgan fingerprint density at radius 3 is 2.62 bits per heavy atom. The van der Waals surface area contributed by atoms with Gasteiger partial charge in [0.15, 0.2) is 5.82 Å². The third-order valence-electron chi connectivity index (χ3n) is 4.26. The molecule has 0 radical (unpaired) electrons. The van der Waals surface area contributed by atoms with Gasteiger partial charge in [-0.3, -0.25) is 0 Å². The van der Waals surface area contributed by atoms with Gasteiger partial charge in [0.05, 0.1) is 17.6 Å². The molecule has 0 bridgehead atoms. The normalized spacial score (nSPS) is 16.1. The Hall–Kier alpha value is -2.60. The number of hydrogen-bond donors (Lipinski definition) is 0. The Morgan fingerprint density at radius 1 is 1.08 bits per heavy atom. The Bertz CT molecular complexity index is 962. The van der Waals surface area contributed by atoms with Crippen LogP contribution in [0.1, 0.15) is 25.0 Å². The molecule has 4 rings (SSSR count). The highest BCUT2D eigenvalue weighted by atomic mass is 32.2. The van der Waals surface area contributed by atoms with Gasteiger partial charge in [-0.05, 0) is 32.9 Å². The summed E-state index contributed by atoms with van der Waals surface area (Å²) < 4.78 is 7.65. The smallest absolute Gasteiger partial charge is 0.213 e. The summed E-state index contributed by atoms with van der Waals surface area (Å²) in [5.74, 6) is 1.61. The number of rotatable bonds is 4. The van der Waals surface area contributed by atoms with Crippen molar-refractivity contribution < 1.29 is 4.74 Å². The van der Waals surface area contributed by atoms with Crippen molar-refractivity contribution in [1.82, 2.24) is 14.9 Å². The van der Waals surface area contributed by atoms with Crippen molar-refractivity contribution in [3.63, 3.8) is 0 Å². The van der Waals surface area contributed by atoms with Crippen molar-refractivity contribution in [2.75, 3.05) is 6.61 Å². The highest BCUT2D eigenvalue weighted by Crippen LogP contribution is 2.34. The van der Waals surface area contributed by atoms with Crippen LogP contribution in [-0.2, 0) is 0 Å². The molecular weight excluding hydrogens is 344 g/mol. The first-order valence-corrected chi connectivity index (χ1v) is 9.55. The number of thioether (sulfide) groups is 1. The van der Waals surface area contributed by atoms with Crippen molar-refractivity contribution in [3.8, 4) is 17.1 Å². The predicted octanol–water partition coefficient (Wildman–Crippen LogP) is 4.40. The number of hydrogen-bond acceptors (Lipinski definition) is 5. The van der Waals surface area contributed by atoms with Crippen LogP contribution in [0.5, 0.6) is 5.75 Å². The third-order valence-corrected chi connectivity index (χ3v) is 5.30. The van der Waals surface area contributed by atoms with Gasteiger partial charge in [0.1, 0.15) is 5.75 Å². The number of benzene rings is 2. The molecule has 132 valence electrons. The molecule has 0 spiro atoms. The van der Waals surface area contributed by atoms with E-state index in [9.17, 15) is 0 Å². The molecule has 0 fully saturated rings. The molecule has 26 heavy (non-hydrogen) atoms. The van der Waals surface area contributed by atoms with E-state index >= 15 is 0 Å². The van der Waals surface area contributed by atoms with E-state index in [2.05, 4.69) is 54.4 Å². The number of aromatic nitrogens is 3. The summed E-state index contributed by atoms with van der Waals surface area (Å²) in [7, 11) is 0. The lowest BCUT2D eigenvalue weighted by molar-refractivity contribution is 0.339. The molecule has 1 aromatic heterocycles. The van der Waals surface area contributed by atoms with Crippen molar-refractivity contribution in [2.24, 2.45) is 5.10 Å². The van der Waals surface area contributed by atoms with Crippen molar-refractivity contribution in [2.45, 2.75) is 31.2 Å². The van der Waals surface area contributed by atoms with Crippen LogP contribution in [0.4, 0.5) is 0 Å². The molecule has 6 heteroatoms. The summed E-state index contributed by atoms with van der Waals surface area (Å²) in [6.45, 7) is 6.82. The highest BCUT2D eigenvalue weighted by molar-refractivity contribution is 8.00. The molecule has 0 N–H and O–H groups in total. The van der Waals surface area contributed by atoms with Gasteiger partial charge in [-0.1, -0.05) is 53.7 Å². The van der Waals surface area contributed by atoms with Crippen LogP contribution < -0.4 is 4.74 Å². The van der Waals surface area contributed by atoms with Crippen LogP contribution in [0.2, 0.25) is 0 Å². The summed E-state index contributed by atoms with van der Waals surface area (Å²) in [6, 6.07) is 16.3. The molecule has 3 aromatic rings. The predicted molar refractivity (Wildman–Crippen MR) is 105 cm³/mol. The lowest BCUT2D eigenvalue weighted by atomic mass is 10.1. The number of para-hydroxylation sites is 1. The van der Waals surface area contributed by atoms with E-state index in [-0.39, 0.29) is 5.25 Å². The first kappa shape index (κ1) is 16.8. The summed E-state index contributed by atoms with van der Waals surface area (Å²) in [5, 5.41) is 14.6. The Kier molecular flexibility index (Phi) is 4.51. The number of nitrogens with zero attached hydrogens (tertiary/aromatic N) is 4. The van der Waals surface area contributed by atoms with Crippen molar-refractivity contribution in [3.05, 3.63) is 59.7 Å². The second-order valence-corrected chi connectivity index (χ2v) is 7.47. The molecular formula is C20H20N4OS. The van der Waals surface area contributed by atoms with Crippen LogP contribution in [0.3, 0.4) is 0 Å². The van der Waals surface area contributed by atoms with Gasteiger partial charge in [0.2, 0.25) is 5.16 Å². The summed E-state index contributed by atoms with van der Waals surface area (Å²) in [6.07, 6.45) is 0. The van der Waals surface area contributed by atoms with Gasteiger partial charge in [0, 0.05) is 11.1 Å². The maximum Gasteiger partial charge on any atom is 0.213 e. The summed E-state index contributed by atoms with van der Waals surface area (Å²) >= 11 is 1.66. The van der Waals surface area contributed by atoms with Crippen molar-refractivity contribution in [1.29, 1.82) is 0 Å². The van der Waals surface area contributed by atoms with Crippen LogP contribution in [0.15, 0.2) is 58.8 Å². The van der Waals surface area contributed by atoms with E-state index in [0.29, 0.717) is 6.61 Å². The topological polar surface area (TPSA) is 52.3 Å². The zero-order chi connectivity index (χ0) is 18.1. The minimum atomic E-state index is 0.166. The lowest BCUT2D eigenvalue weighted by Gasteiger charge is -2.21. The maximum absolute atomic E-state index is 5.81. The monoisotopic (exact) mass is 364 g/mol. The Morgan fingerprint density at radius 2 is 1.85 bits per heavy atom. The van der Waals surface area contributed by atoms with Gasteiger partial charge in [-0.15, -0.1) is 10.2 Å². The van der Waals surface area contributed by atoms with E-state index in [1.54, 1.807) is 11.8 Å².